The van der Waals surface area contributed by atoms with Crippen molar-refractivity contribution in [2.45, 2.75) is 39.4 Å². The first-order valence-electron chi connectivity index (χ1n) is 10.1. The Morgan fingerprint density at radius 1 is 1.17 bits per heavy atom. The molecule has 1 aliphatic heterocycles. The molecular weight excluding hydrogens is 366 g/mol. The maximum atomic E-state index is 12.7. The number of nitrogens with zero attached hydrogens (tertiary/aromatic N) is 4. The van der Waals surface area contributed by atoms with Crippen molar-refractivity contribution in [2.75, 3.05) is 6.54 Å². The fourth-order valence-corrected chi connectivity index (χ4v) is 4.07. The summed E-state index contributed by atoms with van der Waals surface area (Å²) < 4.78 is 7.68. The Morgan fingerprint density at radius 3 is 2.90 bits per heavy atom. The number of furan rings is 1. The molecule has 7 nitrogen and oxygen atoms in total. The molecule has 0 saturated heterocycles. The monoisotopic (exact) mass is 389 g/mol. The largest absolute Gasteiger partial charge is 0.461 e. The van der Waals surface area contributed by atoms with Gasteiger partial charge in [-0.1, -0.05) is 19.1 Å². The minimum Gasteiger partial charge on any atom is -0.461 e. The SMILES string of the molecule is CCCn1c(CN2CCc3nc(-c4ccco4)[nH]c(=O)c3C2)nc2ccccc21. The molecule has 7 heteroatoms. The number of fused-ring (bicyclic) bond motifs is 2. The van der Waals surface area contributed by atoms with Crippen LogP contribution in [0.3, 0.4) is 0 Å². The Kier molecular flexibility index (Phi) is 4.52. The van der Waals surface area contributed by atoms with Crippen molar-refractivity contribution in [1.82, 2.24) is 24.4 Å². The van der Waals surface area contributed by atoms with Crippen LogP contribution in [0.5, 0.6) is 0 Å². The highest BCUT2D eigenvalue weighted by Crippen LogP contribution is 2.22. The van der Waals surface area contributed by atoms with E-state index in [2.05, 4.69) is 44.6 Å². The van der Waals surface area contributed by atoms with Crippen LogP contribution in [-0.2, 0) is 26.1 Å². The molecule has 0 aliphatic carbocycles. The fourth-order valence-electron chi connectivity index (χ4n) is 4.07. The van der Waals surface area contributed by atoms with Gasteiger partial charge in [0.15, 0.2) is 11.6 Å². The molecule has 148 valence electrons. The van der Waals surface area contributed by atoms with E-state index in [9.17, 15) is 4.79 Å². The summed E-state index contributed by atoms with van der Waals surface area (Å²) in [7, 11) is 0. The van der Waals surface area contributed by atoms with E-state index in [1.54, 1.807) is 18.4 Å². The Hall–Kier alpha value is -3.19. The van der Waals surface area contributed by atoms with Gasteiger partial charge in [-0.2, -0.15) is 0 Å². The van der Waals surface area contributed by atoms with Gasteiger partial charge in [-0.25, -0.2) is 9.97 Å². The summed E-state index contributed by atoms with van der Waals surface area (Å²) >= 11 is 0. The summed E-state index contributed by atoms with van der Waals surface area (Å²) in [6.07, 6.45) is 3.37. The summed E-state index contributed by atoms with van der Waals surface area (Å²) in [5.41, 5.74) is 3.71. The lowest BCUT2D eigenvalue weighted by Crippen LogP contribution is -2.36. The van der Waals surface area contributed by atoms with E-state index in [0.29, 0.717) is 24.7 Å². The minimum atomic E-state index is -0.0897. The highest BCUT2D eigenvalue weighted by atomic mass is 16.3. The number of aromatic nitrogens is 4. The first-order chi connectivity index (χ1) is 14.2. The fraction of sp³-hybridized carbons (Fsp3) is 0.318. The van der Waals surface area contributed by atoms with Gasteiger partial charge < -0.3 is 14.0 Å². The molecule has 0 fully saturated rings. The molecule has 0 radical (unpaired) electrons. The summed E-state index contributed by atoms with van der Waals surface area (Å²) in [6.45, 7) is 5.25. The second kappa shape index (κ2) is 7.33. The van der Waals surface area contributed by atoms with Crippen molar-refractivity contribution >= 4 is 11.0 Å². The topological polar surface area (TPSA) is 80.0 Å². The Morgan fingerprint density at radius 2 is 2.07 bits per heavy atom. The Balaban J connectivity index is 1.43. The first-order valence-corrected chi connectivity index (χ1v) is 10.1. The number of hydrogen-bond donors (Lipinski definition) is 1. The number of hydrogen-bond acceptors (Lipinski definition) is 5. The number of aromatic amines is 1. The zero-order chi connectivity index (χ0) is 19.8. The van der Waals surface area contributed by atoms with Crippen LogP contribution in [0.15, 0.2) is 51.9 Å². The van der Waals surface area contributed by atoms with E-state index in [1.165, 1.54) is 5.52 Å². The van der Waals surface area contributed by atoms with E-state index in [4.69, 9.17) is 9.40 Å². The van der Waals surface area contributed by atoms with Gasteiger partial charge in [0.1, 0.15) is 5.82 Å². The van der Waals surface area contributed by atoms with Crippen LogP contribution in [0.1, 0.15) is 30.4 Å². The van der Waals surface area contributed by atoms with E-state index in [0.717, 1.165) is 48.5 Å². The average Bonchev–Trinajstić information content (AvgIpc) is 3.38. The lowest BCUT2D eigenvalue weighted by molar-refractivity contribution is 0.233. The summed E-state index contributed by atoms with van der Waals surface area (Å²) in [5.74, 6) is 2.13. The van der Waals surface area contributed by atoms with Crippen LogP contribution in [0.2, 0.25) is 0 Å². The van der Waals surface area contributed by atoms with Gasteiger partial charge in [-0.05, 0) is 30.7 Å². The minimum absolute atomic E-state index is 0.0897. The van der Waals surface area contributed by atoms with Gasteiger partial charge in [0, 0.05) is 26.1 Å². The molecule has 3 aromatic heterocycles. The van der Waals surface area contributed by atoms with Crippen molar-refractivity contribution in [2.24, 2.45) is 0 Å². The number of para-hydroxylation sites is 2. The van der Waals surface area contributed by atoms with Crippen molar-refractivity contribution in [3.8, 4) is 11.6 Å². The third kappa shape index (κ3) is 3.27. The quantitative estimate of drug-likeness (QED) is 0.566. The van der Waals surface area contributed by atoms with Crippen molar-refractivity contribution < 1.29 is 4.42 Å². The van der Waals surface area contributed by atoms with Gasteiger partial charge >= 0.3 is 0 Å². The van der Waals surface area contributed by atoms with Crippen LogP contribution in [0.25, 0.3) is 22.6 Å². The van der Waals surface area contributed by atoms with Gasteiger partial charge in [-0.3, -0.25) is 9.69 Å². The highest BCUT2D eigenvalue weighted by molar-refractivity contribution is 5.75. The first kappa shape index (κ1) is 17.9. The smallest absolute Gasteiger partial charge is 0.256 e. The standard InChI is InChI=1S/C22H23N5O2/c1-2-10-27-18-7-4-3-6-17(18)23-20(27)14-26-11-9-16-15(13-26)22(28)25-21(24-16)19-8-5-12-29-19/h3-8,12H,2,9-11,13-14H2,1H3,(H,24,25,28). The molecule has 1 N–H and O–H groups in total. The number of benzene rings is 1. The second-order valence-corrected chi connectivity index (χ2v) is 7.45. The van der Waals surface area contributed by atoms with Crippen molar-refractivity contribution in [3.63, 3.8) is 0 Å². The zero-order valence-electron chi connectivity index (χ0n) is 16.4. The van der Waals surface area contributed by atoms with Crippen LogP contribution in [0, 0.1) is 0 Å². The maximum Gasteiger partial charge on any atom is 0.256 e. The molecule has 0 amide bonds. The highest BCUT2D eigenvalue weighted by Gasteiger charge is 2.23. The molecule has 5 rings (SSSR count). The zero-order valence-corrected chi connectivity index (χ0v) is 16.4. The molecule has 29 heavy (non-hydrogen) atoms. The molecule has 1 aromatic carbocycles. The molecule has 0 bridgehead atoms. The average molecular weight is 389 g/mol. The van der Waals surface area contributed by atoms with Crippen LogP contribution < -0.4 is 5.56 Å². The third-order valence-corrected chi connectivity index (χ3v) is 5.45. The normalized spacial score (nSPS) is 14.4. The predicted molar refractivity (Wildman–Crippen MR) is 110 cm³/mol. The summed E-state index contributed by atoms with van der Waals surface area (Å²) in [5, 5.41) is 0. The van der Waals surface area contributed by atoms with Gasteiger partial charge in [0.2, 0.25) is 0 Å². The molecule has 0 unspecified atom stereocenters. The van der Waals surface area contributed by atoms with E-state index >= 15 is 0 Å². The van der Waals surface area contributed by atoms with Crippen LogP contribution in [0.4, 0.5) is 0 Å². The van der Waals surface area contributed by atoms with E-state index in [-0.39, 0.29) is 5.56 Å². The van der Waals surface area contributed by atoms with E-state index < -0.39 is 0 Å². The van der Waals surface area contributed by atoms with Crippen molar-refractivity contribution in [1.29, 1.82) is 0 Å². The number of aryl methyl sites for hydroxylation is 1. The van der Waals surface area contributed by atoms with Gasteiger partial charge in [0.25, 0.3) is 5.56 Å². The molecule has 0 spiro atoms. The van der Waals surface area contributed by atoms with Crippen LogP contribution in [-0.4, -0.2) is 31.0 Å². The van der Waals surface area contributed by atoms with Gasteiger partial charge in [0.05, 0.1) is 35.1 Å². The second-order valence-electron chi connectivity index (χ2n) is 7.45. The number of H-pyrrole nitrogens is 1. The summed E-state index contributed by atoms with van der Waals surface area (Å²) in [6, 6.07) is 11.9. The van der Waals surface area contributed by atoms with Gasteiger partial charge in [-0.15, -0.1) is 0 Å². The lowest BCUT2D eigenvalue weighted by Gasteiger charge is -2.27. The lowest BCUT2D eigenvalue weighted by atomic mass is 10.1. The Bertz CT molecular complexity index is 1210. The molecular formula is C22H23N5O2. The number of nitrogens with one attached hydrogen (secondary N) is 1. The maximum absolute atomic E-state index is 12.7. The van der Waals surface area contributed by atoms with Crippen molar-refractivity contribution in [3.05, 3.63) is 70.1 Å². The Labute approximate surface area is 168 Å². The predicted octanol–water partition coefficient (Wildman–Crippen LogP) is 3.35. The molecule has 4 aromatic rings. The number of rotatable bonds is 5. The number of imidazole rings is 1. The molecule has 1 aliphatic rings. The molecule has 0 saturated carbocycles. The third-order valence-electron chi connectivity index (χ3n) is 5.45. The molecule has 4 heterocycles. The van der Waals surface area contributed by atoms with E-state index in [1.807, 2.05) is 6.07 Å². The summed E-state index contributed by atoms with van der Waals surface area (Å²) in [4.78, 5) is 27.3. The molecule has 0 atom stereocenters. The van der Waals surface area contributed by atoms with Crippen LogP contribution >= 0.6 is 0 Å².